The molecule has 3 nitrogen and oxygen atoms in total. The number of hydrogen-bond donors (Lipinski definition) is 2. The van der Waals surface area contributed by atoms with Gasteiger partial charge in [0.2, 0.25) is 0 Å². The van der Waals surface area contributed by atoms with Gasteiger partial charge in [0, 0.05) is 12.2 Å². The Balaban J connectivity index is 2.29. The maximum Gasteiger partial charge on any atom is 0.330 e. The second-order valence-electron chi connectivity index (χ2n) is 4.18. The van der Waals surface area contributed by atoms with Crippen LogP contribution >= 0.6 is 0 Å². The van der Waals surface area contributed by atoms with Gasteiger partial charge < -0.3 is 10.2 Å². The molecule has 1 aliphatic rings. The van der Waals surface area contributed by atoms with Crippen molar-refractivity contribution in [3.63, 3.8) is 0 Å². The molecule has 3 heteroatoms. The lowest BCUT2D eigenvalue weighted by Gasteiger charge is -2.27. The van der Waals surface area contributed by atoms with Crippen LogP contribution in [-0.4, -0.2) is 22.8 Å². The van der Waals surface area contributed by atoms with E-state index in [1.807, 2.05) is 0 Å². The lowest BCUT2D eigenvalue weighted by Crippen LogP contribution is -2.18. The van der Waals surface area contributed by atoms with Crippen LogP contribution in [0.4, 0.5) is 0 Å². The van der Waals surface area contributed by atoms with Crippen molar-refractivity contribution in [2.24, 2.45) is 11.8 Å². The zero-order chi connectivity index (χ0) is 10.6. The van der Waals surface area contributed by atoms with Crippen LogP contribution in [0.15, 0.2) is 12.2 Å². The zero-order valence-electron chi connectivity index (χ0n) is 8.41. The van der Waals surface area contributed by atoms with Gasteiger partial charge in [-0.3, -0.25) is 0 Å². The van der Waals surface area contributed by atoms with E-state index in [-0.39, 0.29) is 6.61 Å². The quantitative estimate of drug-likeness (QED) is 0.677. The molecule has 0 radical (unpaired) electrons. The third-order valence-electron chi connectivity index (χ3n) is 3.06. The molecule has 14 heavy (non-hydrogen) atoms. The SMILES string of the molecule is C=C(CC1CCC(CO)CC1)C(=O)O. The van der Waals surface area contributed by atoms with Crippen LogP contribution in [0, 0.1) is 11.8 Å². The first-order valence-electron chi connectivity index (χ1n) is 5.15. The molecule has 0 amide bonds. The molecule has 0 aliphatic heterocycles. The van der Waals surface area contributed by atoms with Gasteiger partial charge in [-0.2, -0.15) is 0 Å². The Morgan fingerprint density at radius 3 is 2.14 bits per heavy atom. The maximum atomic E-state index is 10.6. The van der Waals surface area contributed by atoms with Crippen LogP contribution in [0.2, 0.25) is 0 Å². The third kappa shape index (κ3) is 3.14. The van der Waals surface area contributed by atoms with Crippen molar-refractivity contribution < 1.29 is 15.0 Å². The van der Waals surface area contributed by atoms with Crippen molar-refractivity contribution >= 4 is 5.97 Å². The molecular weight excluding hydrogens is 180 g/mol. The second-order valence-corrected chi connectivity index (χ2v) is 4.18. The summed E-state index contributed by atoms with van der Waals surface area (Å²) in [4.78, 5) is 10.6. The first-order chi connectivity index (χ1) is 6.63. The highest BCUT2D eigenvalue weighted by Crippen LogP contribution is 2.31. The Hall–Kier alpha value is -0.830. The summed E-state index contributed by atoms with van der Waals surface area (Å²) in [6.45, 7) is 3.81. The number of carboxylic acids is 1. The van der Waals surface area contributed by atoms with Gasteiger partial charge in [-0.25, -0.2) is 4.79 Å². The number of aliphatic hydroxyl groups excluding tert-OH is 1. The van der Waals surface area contributed by atoms with E-state index in [9.17, 15) is 4.79 Å². The van der Waals surface area contributed by atoms with Crippen molar-refractivity contribution in [1.82, 2.24) is 0 Å². The molecule has 0 aromatic rings. The topological polar surface area (TPSA) is 57.5 Å². The fourth-order valence-corrected chi connectivity index (χ4v) is 2.05. The number of carbonyl (C=O) groups is 1. The monoisotopic (exact) mass is 198 g/mol. The van der Waals surface area contributed by atoms with Crippen molar-refractivity contribution in [3.8, 4) is 0 Å². The first-order valence-corrected chi connectivity index (χ1v) is 5.15. The molecule has 1 aliphatic carbocycles. The molecular formula is C11H18O3. The summed E-state index contributed by atoms with van der Waals surface area (Å²) in [6.07, 6.45) is 4.70. The predicted molar refractivity (Wildman–Crippen MR) is 53.9 cm³/mol. The average molecular weight is 198 g/mol. The van der Waals surface area contributed by atoms with Crippen molar-refractivity contribution in [1.29, 1.82) is 0 Å². The lowest BCUT2D eigenvalue weighted by atomic mass is 9.80. The maximum absolute atomic E-state index is 10.6. The Morgan fingerprint density at radius 2 is 1.71 bits per heavy atom. The van der Waals surface area contributed by atoms with Crippen LogP contribution in [0.1, 0.15) is 32.1 Å². The Morgan fingerprint density at radius 1 is 1.21 bits per heavy atom. The number of aliphatic carboxylic acids is 1. The lowest BCUT2D eigenvalue weighted by molar-refractivity contribution is -0.132. The van der Waals surface area contributed by atoms with E-state index in [0.717, 1.165) is 25.7 Å². The summed E-state index contributed by atoms with van der Waals surface area (Å²) in [5.41, 5.74) is 0.317. The molecule has 0 aromatic heterocycles. The molecule has 0 heterocycles. The van der Waals surface area contributed by atoms with E-state index in [0.29, 0.717) is 23.8 Å². The largest absolute Gasteiger partial charge is 0.478 e. The van der Waals surface area contributed by atoms with Crippen LogP contribution in [-0.2, 0) is 4.79 Å². The molecule has 2 N–H and O–H groups in total. The van der Waals surface area contributed by atoms with Crippen LogP contribution < -0.4 is 0 Å². The van der Waals surface area contributed by atoms with E-state index in [1.165, 1.54) is 0 Å². The van der Waals surface area contributed by atoms with Crippen molar-refractivity contribution in [3.05, 3.63) is 12.2 Å². The molecule has 1 fully saturated rings. The fourth-order valence-electron chi connectivity index (χ4n) is 2.05. The number of aliphatic hydroxyl groups is 1. The predicted octanol–water partition coefficient (Wildman–Crippen LogP) is 1.82. The molecule has 1 saturated carbocycles. The average Bonchev–Trinajstić information content (AvgIpc) is 2.19. The summed E-state index contributed by atoms with van der Waals surface area (Å²) >= 11 is 0. The van der Waals surface area contributed by atoms with Gasteiger partial charge >= 0.3 is 5.97 Å². The fraction of sp³-hybridized carbons (Fsp3) is 0.727. The molecule has 0 unspecified atom stereocenters. The van der Waals surface area contributed by atoms with Gasteiger partial charge in [0.25, 0.3) is 0 Å². The third-order valence-corrected chi connectivity index (χ3v) is 3.06. The van der Waals surface area contributed by atoms with Gasteiger partial charge in [0.05, 0.1) is 0 Å². The number of carboxylic acid groups (broad SMARTS) is 1. The highest BCUT2D eigenvalue weighted by atomic mass is 16.4. The summed E-state index contributed by atoms with van der Waals surface area (Å²) in [5.74, 6) is 0.0139. The Bertz CT molecular complexity index is 215. The van der Waals surface area contributed by atoms with Gasteiger partial charge in [0.1, 0.15) is 0 Å². The number of rotatable bonds is 4. The highest BCUT2D eigenvalue weighted by molar-refractivity contribution is 5.85. The van der Waals surface area contributed by atoms with Crippen molar-refractivity contribution in [2.45, 2.75) is 32.1 Å². The second kappa shape index (κ2) is 5.15. The summed E-state index contributed by atoms with van der Waals surface area (Å²) in [6, 6.07) is 0. The van der Waals surface area contributed by atoms with Gasteiger partial charge in [-0.05, 0) is 43.9 Å². The number of hydrogen-bond acceptors (Lipinski definition) is 2. The summed E-state index contributed by atoms with van der Waals surface area (Å²) < 4.78 is 0. The summed E-state index contributed by atoms with van der Waals surface area (Å²) in [5, 5.41) is 17.6. The van der Waals surface area contributed by atoms with Gasteiger partial charge in [0.15, 0.2) is 0 Å². The van der Waals surface area contributed by atoms with E-state index in [1.54, 1.807) is 0 Å². The van der Waals surface area contributed by atoms with E-state index in [4.69, 9.17) is 10.2 Å². The van der Waals surface area contributed by atoms with Gasteiger partial charge in [-0.1, -0.05) is 6.58 Å². The molecule has 0 saturated heterocycles. The van der Waals surface area contributed by atoms with Crippen LogP contribution in [0.5, 0.6) is 0 Å². The minimum atomic E-state index is -0.880. The minimum absolute atomic E-state index is 0.270. The standard InChI is InChI=1S/C11H18O3/c1-8(11(13)14)6-9-2-4-10(7-12)5-3-9/h9-10,12H,1-7H2,(H,13,14). The van der Waals surface area contributed by atoms with Crippen LogP contribution in [0.3, 0.4) is 0 Å². The van der Waals surface area contributed by atoms with E-state index < -0.39 is 5.97 Å². The summed E-state index contributed by atoms with van der Waals surface area (Å²) in [7, 11) is 0. The van der Waals surface area contributed by atoms with Gasteiger partial charge in [-0.15, -0.1) is 0 Å². The Labute approximate surface area is 84.4 Å². The first kappa shape index (κ1) is 11.2. The molecule has 0 spiro atoms. The molecule has 0 atom stereocenters. The Kier molecular flexibility index (Phi) is 4.14. The molecule has 1 rings (SSSR count). The molecule has 80 valence electrons. The smallest absolute Gasteiger partial charge is 0.330 e. The van der Waals surface area contributed by atoms with Crippen molar-refractivity contribution in [2.75, 3.05) is 6.61 Å². The molecule has 0 aromatic carbocycles. The molecule has 0 bridgehead atoms. The van der Waals surface area contributed by atoms with E-state index >= 15 is 0 Å². The van der Waals surface area contributed by atoms with Crippen LogP contribution in [0.25, 0.3) is 0 Å². The normalized spacial score (nSPS) is 27.2. The minimum Gasteiger partial charge on any atom is -0.478 e. The zero-order valence-corrected chi connectivity index (χ0v) is 8.41. The highest BCUT2D eigenvalue weighted by Gasteiger charge is 2.22. The van der Waals surface area contributed by atoms with E-state index in [2.05, 4.69) is 6.58 Å².